The third-order valence-electron chi connectivity index (χ3n) is 5.90. The minimum Gasteiger partial charge on any atom is -0.368 e. The summed E-state index contributed by atoms with van der Waals surface area (Å²) in [5.41, 5.74) is 4.27. The molecule has 0 bridgehead atoms. The van der Waals surface area contributed by atoms with Crippen LogP contribution in [0, 0.1) is 12.7 Å². The molecule has 1 aliphatic rings. The molecular formula is C26H26ClFN4O2. The maximum Gasteiger partial charge on any atom is 0.323 e. The lowest BCUT2D eigenvalue weighted by atomic mass is 10.1. The Kier molecular flexibility index (Phi) is 7.33. The van der Waals surface area contributed by atoms with Crippen LogP contribution in [0.25, 0.3) is 0 Å². The van der Waals surface area contributed by atoms with Gasteiger partial charge in [-0.25, -0.2) is 9.18 Å². The van der Waals surface area contributed by atoms with Crippen LogP contribution in [0.4, 0.5) is 26.2 Å². The predicted octanol–water partition coefficient (Wildman–Crippen LogP) is 5.32. The van der Waals surface area contributed by atoms with Crippen LogP contribution in [-0.4, -0.2) is 43.0 Å². The molecule has 0 unspecified atom stereocenters. The number of carbonyl (C=O) groups excluding carboxylic acids is 2. The van der Waals surface area contributed by atoms with Crippen molar-refractivity contribution in [3.8, 4) is 0 Å². The number of anilines is 3. The van der Waals surface area contributed by atoms with E-state index in [4.69, 9.17) is 11.6 Å². The first-order chi connectivity index (χ1) is 16.4. The average Bonchev–Trinajstić information content (AvgIpc) is 2.83. The van der Waals surface area contributed by atoms with Gasteiger partial charge in [0.2, 0.25) is 5.91 Å². The standard InChI is InChI=1S/C26H26ClFN4O2/c1-18-4-2-3-5-19(18)16-25(33)32-14-12-31(13-15-32)22-9-6-20(7-10-22)29-26(34)30-21-8-11-24(28)23(27)17-21/h2-11,17H,12-16H2,1H3,(H2,29,30,34). The van der Waals surface area contributed by atoms with Crippen molar-refractivity contribution < 1.29 is 14.0 Å². The fourth-order valence-electron chi connectivity index (χ4n) is 3.92. The highest BCUT2D eigenvalue weighted by Crippen LogP contribution is 2.22. The Morgan fingerprint density at radius 3 is 2.24 bits per heavy atom. The number of nitrogens with zero attached hydrogens (tertiary/aromatic N) is 2. The van der Waals surface area contributed by atoms with E-state index in [1.54, 1.807) is 0 Å². The Morgan fingerprint density at radius 2 is 1.56 bits per heavy atom. The molecule has 1 fully saturated rings. The smallest absolute Gasteiger partial charge is 0.323 e. The zero-order chi connectivity index (χ0) is 24.1. The van der Waals surface area contributed by atoms with Gasteiger partial charge in [-0.05, 0) is 60.5 Å². The maximum atomic E-state index is 13.3. The Balaban J connectivity index is 1.27. The molecule has 176 valence electrons. The lowest BCUT2D eigenvalue weighted by Crippen LogP contribution is -2.49. The normalized spacial score (nSPS) is 13.5. The molecule has 1 saturated heterocycles. The molecule has 0 spiro atoms. The molecule has 3 aromatic carbocycles. The van der Waals surface area contributed by atoms with Gasteiger partial charge in [0.25, 0.3) is 0 Å². The molecule has 3 amide bonds. The monoisotopic (exact) mass is 480 g/mol. The number of nitrogens with one attached hydrogen (secondary N) is 2. The van der Waals surface area contributed by atoms with Crippen molar-refractivity contribution >= 4 is 40.6 Å². The van der Waals surface area contributed by atoms with E-state index in [0.717, 1.165) is 29.9 Å². The minimum absolute atomic E-state index is 0.0564. The molecule has 0 aliphatic carbocycles. The van der Waals surface area contributed by atoms with E-state index in [2.05, 4.69) is 15.5 Å². The molecule has 6 nitrogen and oxygen atoms in total. The summed E-state index contributed by atoms with van der Waals surface area (Å²) in [4.78, 5) is 29.1. The Labute approximate surface area is 203 Å². The number of aryl methyl sites for hydroxylation is 1. The first kappa shape index (κ1) is 23.6. The van der Waals surface area contributed by atoms with Gasteiger partial charge in [-0.1, -0.05) is 35.9 Å². The predicted molar refractivity (Wildman–Crippen MR) is 134 cm³/mol. The highest BCUT2D eigenvalue weighted by molar-refractivity contribution is 6.31. The van der Waals surface area contributed by atoms with Gasteiger partial charge in [-0.3, -0.25) is 4.79 Å². The molecule has 0 aromatic heterocycles. The van der Waals surface area contributed by atoms with Crippen LogP contribution in [-0.2, 0) is 11.2 Å². The van der Waals surface area contributed by atoms with E-state index < -0.39 is 11.8 Å². The number of hydrogen-bond donors (Lipinski definition) is 2. The van der Waals surface area contributed by atoms with Crippen LogP contribution in [0.5, 0.6) is 0 Å². The number of halogens is 2. The number of rotatable bonds is 5. The quantitative estimate of drug-likeness (QED) is 0.519. The Morgan fingerprint density at radius 1 is 0.912 bits per heavy atom. The lowest BCUT2D eigenvalue weighted by Gasteiger charge is -2.36. The summed E-state index contributed by atoms with van der Waals surface area (Å²) in [6.07, 6.45) is 0.430. The minimum atomic E-state index is -0.542. The highest BCUT2D eigenvalue weighted by Gasteiger charge is 2.21. The molecule has 4 rings (SSSR count). The third-order valence-corrected chi connectivity index (χ3v) is 6.19. The third kappa shape index (κ3) is 5.85. The highest BCUT2D eigenvalue weighted by atomic mass is 35.5. The van der Waals surface area contributed by atoms with Gasteiger partial charge < -0.3 is 20.4 Å². The molecule has 1 heterocycles. The van der Waals surface area contributed by atoms with E-state index in [1.165, 1.54) is 18.2 Å². The first-order valence-corrected chi connectivity index (χ1v) is 11.5. The van der Waals surface area contributed by atoms with Crippen LogP contribution < -0.4 is 15.5 Å². The van der Waals surface area contributed by atoms with Gasteiger partial charge in [0.15, 0.2) is 0 Å². The zero-order valence-corrected chi connectivity index (χ0v) is 19.6. The fourth-order valence-corrected chi connectivity index (χ4v) is 4.10. The van der Waals surface area contributed by atoms with Crippen LogP contribution in [0.2, 0.25) is 5.02 Å². The van der Waals surface area contributed by atoms with E-state index >= 15 is 0 Å². The van der Waals surface area contributed by atoms with E-state index in [-0.39, 0.29) is 10.9 Å². The van der Waals surface area contributed by atoms with E-state index in [9.17, 15) is 14.0 Å². The number of amides is 3. The van der Waals surface area contributed by atoms with Crippen LogP contribution in [0.3, 0.4) is 0 Å². The SMILES string of the molecule is Cc1ccccc1CC(=O)N1CCN(c2ccc(NC(=O)Nc3ccc(F)c(Cl)c3)cc2)CC1. The van der Waals surface area contributed by atoms with Crippen LogP contribution in [0.15, 0.2) is 66.7 Å². The molecule has 8 heteroatoms. The molecule has 34 heavy (non-hydrogen) atoms. The van der Waals surface area contributed by atoms with Gasteiger partial charge in [0.1, 0.15) is 5.82 Å². The first-order valence-electron chi connectivity index (χ1n) is 11.1. The van der Waals surface area contributed by atoms with Crippen molar-refractivity contribution in [2.75, 3.05) is 41.7 Å². The van der Waals surface area contributed by atoms with E-state index in [0.29, 0.717) is 30.9 Å². The van der Waals surface area contributed by atoms with Gasteiger partial charge >= 0.3 is 6.03 Å². The molecule has 0 saturated carbocycles. The summed E-state index contributed by atoms with van der Waals surface area (Å²) in [5.74, 6) is -0.387. The fraction of sp³-hybridized carbons (Fsp3) is 0.231. The van der Waals surface area contributed by atoms with Gasteiger partial charge in [-0.15, -0.1) is 0 Å². The maximum absolute atomic E-state index is 13.3. The summed E-state index contributed by atoms with van der Waals surface area (Å²) in [6.45, 7) is 4.87. The Hall–Kier alpha value is -3.58. The van der Waals surface area contributed by atoms with Crippen LogP contribution >= 0.6 is 11.6 Å². The van der Waals surface area contributed by atoms with Crippen molar-refractivity contribution in [2.24, 2.45) is 0 Å². The van der Waals surface area contributed by atoms with Crippen LogP contribution in [0.1, 0.15) is 11.1 Å². The largest absolute Gasteiger partial charge is 0.368 e. The number of benzene rings is 3. The summed E-state index contributed by atoms with van der Waals surface area (Å²) in [5, 5.41) is 5.31. The van der Waals surface area contributed by atoms with Crippen molar-refractivity contribution in [2.45, 2.75) is 13.3 Å². The lowest BCUT2D eigenvalue weighted by molar-refractivity contribution is -0.130. The molecule has 1 aliphatic heterocycles. The number of carbonyl (C=O) groups is 2. The molecule has 2 N–H and O–H groups in total. The summed E-state index contributed by atoms with van der Waals surface area (Å²) in [6, 6.07) is 19.1. The van der Waals surface area contributed by atoms with Crippen molar-refractivity contribution in [1.29, 1.82) is 0 Å². The number of urea groups is 1. The molecule has 0 atom stereocenters. The number of hydrogen-bond acceptors (Lipinski definition) is 3. The summed E-state index contributed by atoms with van der Waals surface area (Å²) >= 11 is 5.74. The Bertz CT molecular complexity index is 1180. The van der Waals surface area contributed by atoms with Gasteiger partial charge in [-0.2, -0.15) is 0 Å². The second-order valence-electron chi connectivity index (χ2n) is 8.23. The molecule has 0 radical (unpaired) electrons. The average molecular weight is 481 g/mol. The second kappa shape index (κ2) is 10.6. The van der Waals surface area contributed by atoms with Crippen molar-refractivity contribution in [1.82, 2.24) is 4.90 Å². The second-order valence-corrected chi connectivity index (χ2v) is 8.63. The van der Waals surface area contributed by atoms with Gasteiger partial charge in [0.05, 0.1) is 11.4 Å². The molecular weight excluding hydrogens is 455 g/mol. The van der Waals surface area contributed by atoms with Crippen molar-refractivity contribution in [3.05, 3.63) is 88.7 Å². The zero-order valence-electron chi connectivity index (χ0n) is 18.9. The molecule has 3 aromatic rings. The van der Waals surface area contributed by atoms with Crippen molar-refractivity contribution in [3.63, 3.8) is 0 Å². The topological polar surface area (TPSA) is 64.7 Å². The summed E-state index contributed by atoms with van der Waals surface area (Å²) in [7, 11) is 0. The van der Waals surface area contributed by atoms with E-state index in [1.807, 2.05) is 60.4 Å². The summed E-state index contributed by atoms with van der Waals surface area (Å²) < 4.78 is 13.3. The van der Waals surface area contributed by atoms with Gasteiger partial charge in [0, 0.05) is 43.2 Å². The number of piperazine rings is 1.